The zero-order chi connectivity index (χ0) is 26.3. The van der Waals surface area contributed by atoms with Gasteiger partial charge in [-0.15, -0.1) is 0 Å². The van der Waals surface area contributed by atoms with Crippen LogP contribution in [-0.4, -0.2) is 76.8 Å². The van der Waals surface area contributed by atoms with Crippen molar-refractivity contribution in [3.8, 4) is 0 Å². The predicted octanol–water partition coefficient (Wildman–Crippen LogP) is 4.07. The molecule has 0 aliphatic carbocycles. The van der Waals surface area contributed by atoms with Gasteiger partial charge in [0.15, 0.2) is 0 Å². The topological polar surface area (TPSA) is 118 Å². The smallest absolute Gasteiger partial charge is 0.408 e. The van der Waals surface area contributed by atoms with E-state index in [4.69, 9.17) is 10.2 Å². The van der Waals surface area contributed by atoms with Crippen molar-refractivity contribution in [1.82, 2.24) is 9.80 Å². The van der Waals surface area contributed by atoms with Crippen LogP contribution in [0.4, 0.5) is 4.79 Å². The SMILES string of the molecule is C1CN2CCC1CC2.CO.O=C(O)N1CCc2ccccc2C1c1ccccc1.O=CCCC(=O)O. The van der Waals surface area contributed by atoms with Gasteiger partial charge in [0.2, 0.25) is 0 Å². The van der Waals surface area contributed by atoms with Crippen molar-refractivity contribution in [1.29, 1.82) is 0 Å². The molecule has 2 bridgehead atoms. The van der Waals surface area contributed by atoms with Crippen molar-refractivity contribution < 1.29 is 29.7 Å². The molecule has 6 rings (SSSR count). The van der Waals surface area contributed by atoms with Crippen LogP contribution in [0.3, 0.4) is 0 Å². The Kier molecular flexibility index (Phi) is 12.6. The van der Waals surface area contributed by atoms with Gasteiger partial charge in [0, 0.05) is 20.1 Å². The number of fused-ring (bicyclic) bond motifs is 4. The van der Waals surface area contributed by atoms with Crippen LogP contribution in [-0.2, 0) is 16.0 Å². The van der Waals surface area contributed by atoms with Gasteiger partial charge in [0.25, 0.3) is 0 Å². The summed E-state index contributed by atoms with van der Waals surface area (Å²) in [6, 6.07) is 17.7. The van der Waals surface area contributed by atoms with E-state index in [1.807, 2.05) is 48.5 Å². The molecule has 2 aromatic carbocycles. The number of aliphatic hydroxyl groups excluding tert-OH is 1. The summed E-state index contributed by atoms with van der Waals surface area (Å²) in [5.74, 6) is 0.187. The van der Waals surface area contributed by atoms with Crippen molar-refractivity contribution in [2.75, 3.05) is 33.3 Å². The summed E-state index contributed by atoms with van der Waals surface area (Å²) in [6.45, 7) is 4.73. The van der Waals surface area contributed by atoms with E-state index in [0.29, 0.717) is 12.8 Å². The van der Waals surface area contributed by atoms with Crippen LogP contribution in [0.2, 0.25) is 0 Å². The molecule has 0 aromatic heterocycles. The molecular formula is C28H38N2O6. The van der Waals surface area contributed by atoms with E-state index < -0.39 is 12.1 Å². The highest BCUT2D eigenvalue weighted by Gasteiger charge is 2.31. The minimum atomic E-state index is -0.924. The van der Waals surface area contributed by atoms with Crippen LogP contribution < -0.4 is 0 Å². The third kappa shape index (κ3) is 8.77. The average Bonchev–Trinajstić information content (AvgIpc) is 2.94. The molecule has 3 fully saturated rings. The van der Waals surface area contributed by atoms with Gasteiger partial charge >= 0.3 is 12.1 Å². The highest BCUT2D eigenvalue weighted by atomic mass is 16.4. The molecule has 0 saturated carbocycles. The van der Waals surface area contributed by atoms with Crippen LogP contribution in [0, 0.1) is 5.92 Å². The number of carboxylic acids is 1. The number of carboxylic acid groups (broad SMARTS) is 2. The number of hydrogen-bond donors (Lipinski definition) is 3. The van der Waals surface area contributed by atoms with Gasteiger partial charge in [0.05, 0.1) is 12.5 Å². The van der Waals surface area contributed by atoms with Crippen LogP contribution >= 0.6 is 0 Å². The van der Waals surface area contributed by atoms with Crippen molar-refractivity contribution in [2.45, 2.75) is 44.6 Å². The summed E-state index contributed by atoms with van der Waals surface area (Å²) in [6.07, 6.45) is 5.04. The van der Waals surface area contributed by atoms with Gasteiger partial charge in [-0.05, 0) is 67.9 Å². The molecule has 4 aliphatic heterocycles. The Bertz CT molecular complexity index is 921. The van der Waals surface area contributed by atoms with Crippen molar-refractivity contribution in [2.24, 2.45) is 5.92 Å². The van der Waals surface area contributed by atoms with Gasteiger partial charge in [-0.3, -0.25) is 9.69 Å². The molecule has 4 aliphatic rings. The monoisotopic (exact) mass is 498 g/mol. The first kappa shape index (κ1) is 29.0. The number of piperidine rings is 3. The Balaban J connectivity index is 0.000000221. The number of nitrogens with zero attached hydrogens (tertiary/aromatic N) is 2. The van der Waals surface area contributed by atoms with E-state index in [2.05, 4.69) is 11.0 Å². The van der Waals surface area contributed by atoms with E-state index >= 15 is 0 Å². The number of hydrogen-bond acceptors (Lipinski definition) is 5. The Morgan fingerprint density at radius 3 is 1.92 bits per heavy atom. The van der Waals surface area contributed by atoms with Gasteiger partial charge in [0.1, 0.15) is 6.29 Å². The van der Waals surface area contributed by atoms with Crippen LogP contribution in [0.25, 0.3) is 0 Å². The molecule has 8 heteroatoms. The van der Waals surface area contributed by atoms with Gasteiger partial charge in [-0.1, -0.05) is 54.6 Å². The molecule has 1 unspecified atom stereocenters. The fourth-order valence-corrected chi connectivity index (χ4v) is 4.81. The molecule has 0 radical (unpaired) electrons. The van der Waals surface area contributed by atoms with Crippen LogP contribution in [0.1, 0.15) is 54.8 Å². The fourth-order valence-electron chi connectivity index (χ4n) is 4.81. The minimum absolute atomic E-state index is 0.0521. The molecule has 1 amide bonds. The molecule has 3 N–H and O–H groups in total. The van der Waals surface area contributed by atoms with Crippen LogP contribution in [0.15, 0.2) is 54.6 Å². The lowest BCUT2D eigenvalue weighted by Crippen LogP contribution is -2.41. The molecular weight excluding hydrogens is 460 g/mol. The highest BCUT2D eigenvalue weighted by Crippen LogP contribution is 2.34. The summed E-state index contributed by atoms with van der Waals surface area (Å²) in [5, 5.41) is 24.3. The molecule has 36 heavy (non-hydrogen) atoms. The second-order valence-corrected chi connectivity index (χ2v) is 8.91. The number of aliphatic carboxylic acids is 1. The molecule has 8 nitrogen and oxygen atoms in total. The van der Waals surface area contributed by atoms with Crippen molar-refractivity contribution >= 4 is 18.3 Å². The number of aliphatic hydroxyl groups is 1. The van der Waals surface area contributed by atoms with E-state index in [9.17, 15) is 19.5 Å². The Morgan fingerprint density at radius 1 is 0.889 bits per heavy atom. The minimum Gasteiger partial charge on any atom is -0.481 e. The van der Waals surface area contributed by atoms with Crippen molar-refractivity contribution in [3.63, 3.8) is 0 Å². The normalized spacial score (nSPS) is 21.2. The van der Waals surface area contributed by atoms with E-state index in [-0.39, 0.29) is 18.9 Å². The second-order valence-electron chi connectivity index (χ2n) is 8.91. The molecule has 196 valence electrons. The van der Waals surface area contributed by atoms with E-state index in [0.717, 1.165) is 30.6 Å². The lowest BCUT2D eigenvalue weighted by atomic mass is 9.88. The first-order chi connectivity index (χ1) is 17.5. The lowest BCUT2D eigenvalue weighted by molar-refractivity contribution is -0.137. The number of carbonyl (C=O) groups is 3. The standard InChI is InChI=1S/C16H15NO2.C7H13N.C4H6O3.CH4O/c18-16(19)17-11-10-12-6-4-5-9-14(12)15(17)13-7-2-1-3-8-13;1-4-8-5-2-7(1)3-6-8;5-3-1-2-4(6)7;1-2/h1-9,15H,10-11H2,(H,18,19);7H,1-6H2;3H,1-2H2,(H,6,7);2H,1H3. The Morgan fingerprint density at radius 2 is 1.47 bits per heavy atom. The van der Waals surface area contributed by atoms with E-state index in [1.165, 1.54) is 49.4 Å². The molecule has 1 atom stereocenters. The van der Waals surface area contributed by atoms with Crippen LogP contribution in [0.5, 0.6) is 0 Å². The van der Waals surface area contributed by atoms with Gasteiger partial charge in [-0.25, -0.2) is 4.79 Å². The quantitative estimate of drug-likeness (QED) is 0.544. The maximum Gasteiger partial charge on any atom is 0.408 e. The number of carbonyl (C=O) groups excluding carboxylic acids is 1. The van der Waals surface area contributed by atoms with E-state index in [1.54, 1.807) is 0 Å². The first-order valence-electron chi connectivity index (χ1n) is 12.4. The van der Waals surface area contributed by atoms with Gasteiger partial charge < -0.3 is 25.0 Å². The summed E-state index contributed by atoms with van der Waals surface area (Å²) >= 11 is 0. The zero-order valence-electron chi connectivity index (χ0n) is 21.0. The summed E-state index contributed by atoms with van der Waals surface area (Å²) in [5.41, 5.74) is 3.37. The summed E-state index contributed by atoms with van der Waals surface area (Å²) in [7, 11) is 1.00. The highest BCUT2D eigenvalue weighted by molar-refractivity contribution is 5.70. The largest absolute Gasteiger partial charge is 0.481 e. The maximum atomic E-state index is 11.5. The zero-order valence-corrected chi connectivity index (χ0v) is 21.0. The summed E-state index contributed by atoms with van der Waals surface area (Å²) < 4.78 is 0. The second kappa shape index (κ2) is 15.7. The molecule has 4 heterocycles. The fraction of sp³-hybridized carbons (Fsp3) is 0.464. The molecule has 3 saturated heterocycles. The third-order valence-electron chi connectivity index (χ3n) is 6.68. The number of aldehydes is 1. The Hall–Kier alpha value is -3.23. The molecule has 2 aromatic rings. The summed E-state index contributed by atoms with van der Waals surface area (Å²) in [4.78, 5) is 34.6. The lowest BCUT2D eigenvalue weighted by Gasteiger charge is -2.38. The average molecular weight is 499 g/mol. The Labute approximate surface area is 213 Å². The maximum absolute atomic E-state index is 11.5. The third-order valence-corrected chi connectivity index (χ3v) is 6.68. The molecule has 0 spiro atoms. The van der Waals surface area contributed by atoms with Crippen molar-refractivity contribution in [3.05, 3.63) is 71.3 Å². The number of rotatable bonds is 4. The van der Waals surface area contributed by atoms with Gasteiger partial charge in [-0.2, -0.15) is 0 Å². The first-order valence-corrected chi connectivity index (χ1v) is 12.4. The number of amides is 1. The predicted molar refractivity (Wildman–Crippen MR) is 138 cm³/mol. The number of benzene rings is 2.